The molecule has 0 saturated carbocycles. The summed E-state index contributed by atoms with van der Waals surface area (Å²) in [5, 5.41) is 0.166. The highest BCUT2D eigenvalue weighted by Gasteiger charge is 2.27. The first kappa shape index (κ1) is 17.3. The van der Waals surface area contributed by atoms with E-state index < -0.39 is 11.9 Å². The second-order valence-electron chi connectivity index (χ2n) is 4.77. The maximum atomic E-state index is 12.3. The molecule has 1 amide bonds. The second kappa shape index (κ2) is 7.45. The van der Waals surface area contributed by atoms with Crippen LogP contribution in [0.2, 0.25) is 0 Å². The Morgan fingerprint density at radius 3 is 2.65 bits per heavy atom. The Labute approximate surface area is 135 Å². The molecule has 4 nitrogen and oxygen atoms in total. The van der Waals surface area contributed by atoms with Gasteiger partial charge >= 0.3 is 6.18 Å². The molecule has 0 aromatic carbocycles. The fourth-order valence-electron chi connectivity index (χ4n) is 1.80. The van der Waals surface area contributed by atoms with Crippen LogP contribution in [0.3, 0.4) is 0 Å². The van der Waals surface area contributed by atoms with Gasteiger partial charge in [-0.05, 0) is 24.3 Å². The third-order valence-electron chi connectivity index (χ3n) is 2.84. The standard InChI is InChI=1S/C15H14F3N3OS/c1-21(9-12-4-2-3-6-19-12)14(22)11-5-7-20-13(8-11)23-10-15(16,17)18/h2-8H,9-10H2,1H3. The largest absolute Gasteiger partial charge is 0.398 e. The molecule has 0 aliphatic rings. The van der Waals surface area contributed by atoms with E-state index in [1.807, 2.05) is 6.07 Å². The number of hydrogen-bond acceptors (Lipinski definition) is 4. The molecule has 2 aromatic heterocycles. The zero-order valence-electron chi connectivity index (χ0n) is 12.2. The quantitative estimate of drug-likeness (QED) is 0.782. The van der Waals surface area contributed by atoms with E-state index in [1.54, 1.807) is 25.4 Å². The summed E-state index contributed by atoms with van der Waals surface area (Å²) in [5.41, 5.74) is 1.02. The first-order valence-electron chi connectivity index (χ1n) is 6.66. The SMILES string of the molecule is CN(Cc1ccccn1)C(=O)c1ccnc(SCC(F)(F)F)c1. The molecule has 2 aromatic rings. The summed E-state index contributed by atoms with van der Waals surface area (Å²) in [6, 6.07) is 8.24. The summed E-state index contributed by atoms with van der Waals surface area (Å²) < 4.78 is 36.7. The maximum Gasteiger partial charge on any atom is 0.398 e. The number of carbonyl (C=O) groups excluding carboxylic acids is 1. The van der Waals surface area contributed by atoms with Gasteiger partial charge in [0.25, 0.3) is 5.91 Å². The average molecular weight is 341 g/mol. The number of hydrogen-bond donors (Lipinski definition) is 0. The lowest BCUT2D eigenvalue weighted by atomic mass is 10.2. The summed E-state index contributed by atoms with van der Waals surface area (Å²) >= 11 is 0.555. The van der Waals surface area contributed by atoms with Crippen molar-refractivity contribution in [3.05, 3.63) is 54.0 Å². The van der Waals surface area contributed by atoms with Gasteiger partial charge < -0.3 is 4.90 Å². The van der Waals surface area contributed by atoms with E-state index >= 15 is 0 Å². The number of amides is 1. The van der Waals surface area contributed by atoms with Crippen molar-refractivity contribution in [2.45, 2.75) is 17.7 Å². The lowest BCUT2D eigenvalue weighted by molar-refractivity contribution is -0.105. The van der Waals surface area contributed by atoms with E-state index in [4.69, 9.17) is 0 Å². The highest BCUT2D eigenvalue weighted by Crippen LogP contribution is 2.26. The van der Waals surface area contributed by atoms with Crippen LogP contribution in [-0.4, -0.2) is 39.8 Å². The molecule has 0 aliphatic carbocycles. The minimum Gasteiger partial charge on any atom is -0.336 e. The van der Waals surface area contributed by atoms with Crippen LogP contribution in [0.1, 0.15) is 16.1 Å². The molecule has 8 heteroatoms. The van der Waals surface area contributed by atoms with Gasteiger partial charge in [0.2, 0.25) is 0 Å². The number of carbonyl (C=O) groups is 1. The number of aromatic nitrogens is 2. The Kier molecular flexibility index (Phi) is 5.59. The van der Waals surface area contributed by atoms with E-state index in [9.17, 15) is 18.0 Å². The number of pyridine rings is 2. The second-order valence-corrected chi connectivity index (χ2v) is 5.76. The van der Waals surface area contributed by atoms with Crippen molar-refractivity contribution in [3.8, 4) is 0 Å². The number of rotatable bonds is 5. The smallest absolute Gasteiger partial charge is 0.336 e. The third kappa shape index (κ3) is 5.55. The van der Waals surface area contributed by atoms with E-state index in [0.717, 1.165) is 5.69 Å². The van der Waals surface area contributed by atoms with Crippen molar-refractivity contribution in [1.82, 2.24) is 14.9 Å². The summed E-state index contributed by atoms with van der Waals surface area (Å²) in [6.07, 6.45) is -1.31. The van der Waals surface area contributed by atoms with Crippen LogP contribution in [0.15, 0.2) is 47.8 Å². The zero-order valence-corrected chi connectivity index (χ0v) is 13.1. The molecule has 0 saturated heterocycles. The molecule has 122 valence electrons. The number of thioether (sulfide) groups is 1. The average Bonchev–Trinajstić information content (AvgIpc) is 2.53. The van der Waals surface area contributed by atoms with Crippen molar-refractivity contribution < 1.29 is 18.0 Å². The van der Waals surface area contributed by atoms with E-state index in [1.165, 1.54) is 23.2 Å². The van der Waals surface area contributed by atoms with Crippen LogP contribution in [-0.2, 0) is 6.54 Å². The van der Waals surface area contributed by atoms with Gasteiger partial charge in [0.1, 0.15) is 0 Å². The fourth-order valence-corrected chi connectivity index (χ4v) is 2.46. The molecule has 0 bridgehead atoms. The van der Waals surface area contributed by atoms with Crippen LogP contribution in [0, 0.1) is 0 Å². The summed E-state index contributed by atoms with van der Waals surface area (Å²) in [6.45, 7) is 0.313. The summed E-state index contributed by atoms with van der Waals surface area (Å²) in [7, 11) is 1.61. The minimum atomic E-state index is -4.28. The highest BCUT2D eigenvalue weighted by molar-refractivity contribution is 7.99. The topological polar surface area (TPSA) is 46.1 Å². The van der Waals surface area contributed by atoms with Crippen LogP contribution < -0.4 is 0 Å². The van der Waals surface area contributed by atoms with Gasteiger partial charge in [-0.15, -0.1) is 0 Å². The van der Waals surface area contributed by atoms with Gasteiger partial charge in [-0.3, -0.25) is 9.78 Å². The number of halogens is 3. The number of nitrogens with zero attached hydrogens (tertiary/aromatic N) is 3. The molecule has 0 unspecified atom stereocenters. The first-order valence-corrected chi connectivity index (χ1v) is 7.65. The van der Waals surface area contributed by atoms with Gasteiger partial charge in [-0.2, -0.15) is 13.2 Å². The van der Waals surface area contributed by atoms with Gasteiger partial charge in [0, 0.05) is 25.0 Å². The molecule has 0 fully saturated rings. The molecule has 23 heavy (non-hydrogen) atoms. The van der Waals surface area contributed by atoms with Crippen LogP contribution in [0.5, 0.6) is 0 Å². The Balaban J connectivity index is 2.04. The Bertz CT molecular complexity index is 665. The Hall–Kier alpha value is -2.09. The molecule has 0 atom stereocenters. The predicted molar refractivity (Wildman–Crippen MR) is 81.1 cm³/mol. The molecular formula is C15H14F3N3OS. The molecular weight excluding hydrogens is 327 g/mol. The van der Waals surface area contributed by atoms with Gasteiger partial charge in [0.15, 0.2) is 0 Å². The minimum absolute atomic E-state index is 0.166. The summed E-state index contributed by atoms with van der Waals surface area (Å²) in [5.74, 6) is -1.34. The Morgan fingerprint density at radius 1 is 1.22 bits per heavy atom. The molecule has 0 spiro atoms. The van der Waals surface area contributed by atoms with Crippen LogP contribution >= 0.6 is 11.8 Å². The molecule has 0 radical (unpaired) electrons. The first-order chi connectivity index (χ1) is 10.8. The zero-order chi connectivity index (χ0) is 16.9. The molecule has 0 aliphatic heterocycles. The van der Waals surface area contributed by atoms with Crippen molar-refractivity contribution >= 4 is 17.7 Å². The van der Waals surface area contributed by atoms with E-state index in [-0.39, 0.29) is 10.9 Å². The lowest BCUT2D eigenvalue weighted by Gasteiger charge is -2.17. The van der Waals surface area contributed by atoms with Gasteiger partial charge in [0.05, 0.1) is 23.0 Å². The monoisotopic (exact) mass is 341 g/mol. The normalized spacial score (nSPS) is 11.3. The van der Waals surface area contributed by atoms with Crippen LogP contribution in [0.25, 0.3) is 0 Å². The van der Waals surface area contributed by atoms with Crippen molar-refractivity contribution in [1.29, 1.82) is 0 Å². The van der Waals surface area contributed by atoms with Crippen molar-refractivity contribution in [2.75, 3.05) is 12.8 Å². The van der Waals surface area contributed by atoms with Crippen molar-refractivity contribution in [2.24, 2.45) is 0 Å². The predicted octanol–water partition coefficient (Wildman–Crippen LogP) is 3.40. The van der Waals surface area contributed by atoms with Crippen molar-refractivity contribution in [3.63, 3.8) is 0 Å². The fraction of sp³-hybridized carbons (Fsp3) is 0.267. The maximum absolute atomic E-state index is 12.3. The van der Waals surface area contributed by atoms with Gasteiger partial charge in [-0.1, -0.05) is 17.8 Å². The molecule has 2 rings (SSSR count). The van der Waals surface area contributed by atoms with Crippen LogP contribution in [0.4, 0.5) is 13.2 Å². The third-order valence-corrected chi connectivity index (χ3v) is 3.83. The molecule has 0 N–H and O–H groups in total. The van der Waals surface area contributed by atoms with E-state index in [0.29, 0.717) is 23.9 Å². The molecule has 2 heterocycles. The summed E-state index contributed by atoms with van der Waals surface area (Å²) in [4.78, 5) is 21.8. The van der Waals surface area contributed by atoms with Gasteiger partial charge in [-0.25, -0.2) is 4.98 Å². The van der Waals surface area contributed by atoms with E-state index in [2.05, 4.69) is 9.97 Å². The Morgan fingerprint density at radius 2 is 2.00 bits per heavy atom. The highest BCUT2D eigenvalue weighted by atomic mass is 32.2. The number of alkyl halides is 3. The lowest BCUT2D eigenvalue weighted by Crippen LogP contribution is -2.26.